The predicted octanol–water partition coefficient (Wildman–Crippen LogP) is 4.29. The van der Waals surface area contributed by atoms with Crippen molar-refractivity contribution in [1.82, 2.24) is 4.90 Å². The summed E-state index contributed by atoms with van der Waals surface area (Å²) < 4.78 is 11.8. The van der Waals surface area contributed by atoms with Crippen LogP contribution in [-0.4, -0.2) is 59.5 Å². The van der Waals surface area contributed by atoms with Gasteiger partial charge in [-0.1, -0.05) is 41.4 Å². The zero-order valence-corrected chi connectivity index (χ0v) is 18.7. The number of aliphatic carboxylic acids is 1. The average molecular weight is 468 g/mol. The summed E-state index contributed by atoms with van der Waals surface area (Å²) >= 11 is 12.0. The van der Waals surface area contributed by atoms with Gasteiger partial charge in [0, 0.05) is 32.1 Å². The zero-order valence-electron chi connectivity index (χ0n) is 17.2. The van der Waals surface area contributed by atoms with Gasteiger partial charge >= 0.3 is 5.97 Å². The van der Waals surface area contributed by atoms with Crippen LogP contribution >= 0.6 is 23.2 Å². The summed E-state index contributed by atoms with van der Waals surface area (Å²) in [5.41, 5.74) is 0.831. The maximum Gasteiger partial charge on any atom is 0.303 e. The second kappa shape index (κ2) is 11.6. The molecule has 31 heavy (non-hydrogen) atoms. The van der Waals surface area contributed by atoms with Crippen molar-refractivity contribution in [3.63, 3.8) is 0 Å². The maximum absolute atomic E-state index is 10.8. The molecule has 1 aliphatic heterocycles. The summed E-state index contributed by atoms with van der Waals surface area (Å²) in [6.45, 7) is 2.30. The number of aryl methyl sites for hydroxylation is 1. The van der Waals surface area contributed by atoms with Crippen molar-refractivity contribution in [2.24, 2.45) is 0 Å². The third-order valence-corrected chi connectivity index (χ3v) is 5.95. The number of ether oxygens (including phenoxy) is 2. The number of benzene rings is 2. The highest BCUT2D eigenvalue weighted by molar-refractivity contribution is 6.42. The Morgan fingerprint density at radius 3 is 2.58 bits per heavy atom. The standard InChI is InChI=1S/C23H27Cl2NO5/c24-20-7-6-19(13-21(20)25)31-18-9-11-26(12-10-18)14-17(27)15-30-22-4-2-1-3-16(22)5-8-23(28)29/h1-4,6-7,13,17-18,27H,5,8-12,14-15H2,(H,28,29). The van der Waals surface area contributed by atoms with Crippen LogP contribution in [-0.2, 0) is 11.2 Å². The van der Waals surface area contributed by atoms with Crippen LogP contribution < -0.4 is 9.47 Å². The van der Waals surface area contributed by atoms with E-state index >= 15 is 0 Å². The highest BCUT2D eigenvalue weighted by Gasteiger charge is 2.23. The van der Waals surface area contributed by atoms with E-state index in [9.17, 15) is 9.90 Å². The molecular weight excluding hydrogens is 441 g/mol. The highest BCUT2D eigenvalue weighted by Crippen LogP contribution is 2.28. The molecule has 2 aromatic rings. The molecule has 0 aromatic heterocycles. The number of halogens is 2. The van der Waals surface area contributed by atoms with Gasteiger partial charge in [-0.3, -0.25) is 4.79 Å². The number of nitrogens with zero attached hydrogens (tertiary/aromatic N) is 1. The topological polar surface area (TPSA) is 79.2 Å². The fourth-order valence-electron chi connectivity index (χ4n) is 3.58. The molecule has 0 radical (unpaired) electrons. The average Bonchev–Trinajstić information content (AvgIpc) is 2.75. The van der Waals surface area contributed by atoms with Crippen molar-refractivity contribution in [3.05, 3.63) is 58.1 Å². The summed E-state index contributed by atoms with van der Waals surface area (Å²) in [7, 11) is 0. The Kier molecular flexibility index (Phi) is 8.84. The van der Waals surface area contributed by atoms with Crippen LogP contribution in [0.25, 0.3) is 0 Å². The predicted molar refractivity (Wildman–Crippen MR) is 120 cm³/mol. The molecule has 0 spiro atoms. The number of rotatable bonds is 10. The van der Waals surface area contributed by atoms with Crippen LogP contribution in [0.15, 0.2) is 42.5 Å². The molecule has 1 unspecified atom stereocenters. The number of likely N-dealkylation sites (tertiary alicyclic amines) is 1. The van der Waals surface area contributed by atoms with E-state index in [2.05, 4.69) is 4.90 Å². The van der Waals surface area contributed by atoms with Gasteiger partial charge in [0.15, 0.2) is 0 Å². The van der Waals surface area contributed by atoms with Crippen LogP contribution in [0.5, 0.6) is 11.5 Å². The van der Waals surface area contributed by atoms with Crippen molar-refractivity contribution >= 4 is 29.2 Å². The van der Waals surface area contributed by atoms with E-state index in [0.717, 1.165) is 31.5 Å². The Labute approximate surface area is 192 Å². The molecule has 2 N–H and O–H groups in total. The van der Waals surface area contributed by atoms with Gasteiger partial charge in [-0.15, -0.1) is 0 Å². The molecule has 0 bridgehead atoms. The molecule has 2 aromatic carbocycles. The molecule has 1 aliphatic rings. The van der Waals surface area contributed by atoms with Gasteiger partial charge < -0.3 is 24.6 Å². The monoisotopic (exact) mass is 467 g/mol. The second-order valence-electron chi connectivity index (χ2n) is 7.66. The lowest BCUT2D eigenvalue weighted by atomic mass is 10.1. The molecule has 0 saturated carbocycles. The Bertz CT molecular complexity index is 871. The SMILES string of the molecule is O=C(O)CCc1ccccc1OCC(O)CN1CCC(Oc2ccc(Cl)c(Cl)c2)CC1. The number of aliphatic hydroxyl groups is 1. The second-order valence-corrected chi connectivity index (χ2v) is 8.47. The van der Waals surface area contributed by atoms with Gasteiger partial charge in [0.25, 0.3) is 0 Å². The number of aliphatic hydroxyl groups excluding tert-OH is 1. The molecule has 1 saturated heterocycles. The minimum Gasteiger partial charge on any atom is -0.491 e. The quantitative estimate of drug-likeness (QED) is 0.542. The lowest BCUT2D eigenvalue weighted by Crippen LogP contribution is -2.43. The van der Waals surface area contributed by atoms with Gasteiger partial charge in [-0.25, -0.2) is 0 Å². The third-order valence-electron chi connectivity index (χ3n) is 5.21. The van der Waals surface area contributed by atoms with Crippen molar-refractivity contribution < 1.29 is 24.5 Å². The molecule has 1 atom stereocenters. The summed E-state index contributed by atoms with van der Waals surface area (Å²) in [4.78, 5) is 13.0. The molecule has 0 aliphatic carbocycles. The number of carboxylic acids is 1. The number of para-hydroxylation sites is 1. The number of β-amino-alcohol motifs (C(OH)–C–C–N with tert-alkyl or cyclic N) is 1. The maximum atomic E-state index is 10.8. The first kappa shape index (κ1) is 23.7. The Morgan fingerprint density at radius 2 is 1.87 bits per heavy atom. The van der Waals surface area contributed by atoms with Gasteiger partial charge in [-0.05, 0) is 43.0 Å². The summed E-state index contributed by atoms with van der Waals surface area (Å²) in [5, 5.41) is 20.3. The molecule has 0 amide bonds. The van der Waals surface area contributed by atoms with Gasteiger partial charge in [0.2, 0.25) is 0 Å². The van der Waals surface area contributed by atoms with Gasteiger partial charge in [-0.2, -0.15) is 0 Å². The molecule has 6 nitrogen and oxygen atoms in total. The molecule has 1 fully saturated rings. The van der Waals surface area contributed by atoms with E-state index in [1.165, 1.54) is 0 Å². The normalized spacial score (nSPS) is 16.1. The van der Waals surface area contributed by atoms with E-state index < -0.39 is 12.1 Å². The van der Waals surface area contributed by atoms with Crippen molar-refractivity contribution in [1.29, 1.82) is 0 Å². The van der Waals surface area contributed by atoms with E-state index in [1.807, 2.05) is 24.3 Å². The largest absolute Gasteiger partial charge is 0.491 e. The van der Waals surface area contributed by atoms with Crippen LogP contribution in [0.2, 0.25) is 10.0 Å². The van der Waals surface area contributed by atoms with Gasteiger partial charge in [0.05, 0.1) is 10.0 Å². The van der Waals surface area contributed by atoms with Crippen molar-refractivity contribution in [3.8, 4) is 11.5 Å². The number of hydrogen-bond donors (Lipinski definition) is 2. The lowest BCUT2D eigenvalue weighted by molar-refractivity contribution is -0.136. The molecular formula is C23H27Cl2NO5. The summed E-state index contributed by atoms with van der Waals surface area (Å²) in [6, 6.07) is 12.6. The van der Waals surface area contributed by atoms with E-state index in [4.69, 9.17) is 37.8 Å². The van der Waals surface area contributed by atoms with Crippen LogP contribution in [0, 0.1) is 0 Å². The first-order valence-electron chi connectivity index (χ1n) is 10.4. The number of carboxylic acid groups (broad SMARTS) is 1. The number of piperidine rings is 1. The zero-order chi connectivity index (χ0) is 22.2. The Hall–Kier alpha value is -1.99. The molecule has 3 rings (SSSR count). The summed E-state index contributed by atoms with van der Waals surface area (Å²) in [6.07, 6.45) is 1.61. The van der Waals surface area contributed by atoms with E-state index in [1.54, 1.807) is 18.2 Å². The molecule has 8 heteroatoms. The van der Waals surface area contributed by atoms with Crippen LogP contribution in [0.1, 0.15) is 24.8 Å². The minimum absolute atomic E-state index is 0.0438. The smallest absolute Gasteiger partial charge is 0.303 e. The van der Waals surface area contributed by atoms with Crippen LogP contribution in [0.4, 0.5) is 0 Å². The fourth-order valence-corrected chi connectivity index (χ4v) is 3.87. The lowest BCUT2D eigenvalue weighted by Gasteiger charge is -2.33. The van der Waals surface area contributed by atoms with Crippen LogP contribution in [0.3, 0.4) is 0 Å². The molecule has 1 heterocycles. The summed E-state index contributed by atoms with van der Waals surface area (Å²) in [5.74, 6) is 0.487. The minimum atomic E-state index is -0.846. The van der Waals surface area contributed by atoms with Gasteiger partial charge in [0.1, 0.15) is 30.3 Å². The molecule has 168 valence electrons. The number of carbonyl (C=O) groups is 1. The third kappa shape index (κ3) is 7.58. The number of hydrogen-bond acceptors (Lipinski definition) is 5. The van der Waals surface area contributed by atoms with E-state index in [-0.39, 0.29) is 19.1 Å². The Morgan fingerprint density at radius 1 is 1.13 bits per heavy atom. The van der Waals surface area contributed by atoms with E-state index in [0.29, 0.717) is 34.5 Å². The van der Waals surface area contributed by atoms with Crippen molar-refractivity contribution in [2.75, 3.05) is 26.2 Å². The van der Waals surface area contributed by atoms with Crippen molar-refractivity contribution in [2.45, 2.75) is 37.9 Å². The highest BCUT2D eigenvalue weighted by atomic mass is 35.5. The fraction of sp³-hybridized carbons (Fsp3) is 0.435. The Balaban J connectivity index is 1.40. The first-order valence-corrected chi connectivity index (χ1v) is 11.1. The first-order chi connectivity index (χ1) is 14.9.